The summed E-state index contributed by atoms with van der Waals surface area (Å²) in [6.45, 7) is 2.34. The molecule has 3 amide bonds. The van der Waals surface area contributed by atoms with Crippen molar-refractivity contribution in [3.63, 3.8) is 0 Å². The Labute approximate surface area is 171 Å². The topological polar surface area (TPSA) is 91.7 Å². The number of hydrogen-bond donors (Lipinski definition) is 2. The molecule has 4 rings (SSSR count). The summed E-state index contributed by atoms with van der Waals surface area (Å²) in [4.78, 5) is 38.5. The van der Waals surface area contributed by atoms with E-state index in [1.807, 2.05) is 18.2 Å². The number of rotatable bonds is 3. The van der Waals surface area contributed by atoms with Crippen molar-refractivity contribution < 1.29 is 18.8 Å². The van der Waals surface area contributed by atoms with Gasteiger partial charge in [-0.25, -0.2) is 0 Å². The standard InChI is InChI=1S/C21H18ClN3O4/c1-12-14-5-2-3-6-17(14)29-19(12)21(28)24-23-20(27)13-8-9-15(22)16(11-13)25-10-4-7-18(25)26/h2-3,5-6,8-9,11H,4,7,10H2,1H3,(H,23,27)(H,24,28). The number of anilines is 1. The van der Waals surface area contributed by atoms with Crippen molar-refractivity contribution in [1.82, 2.24) is 10.9 Å². The number of hydrogen-bond acceptors (Lipinski definition) is 4. The van der Waals surface area contributed by atoms with Gasteiger partial charge in [0.05, 0.1) is 10.7 Å². The molecule has 1 saturated heterocycles. The van der Waals surface area contributed by atoms with Crippen molar-refractivity contribution in [2.24, 2.45) is 0 Å². The van der Waals surface area contributed by atoms with Crippen molar-refractivity contribution in [2.45, 2.75) is 19.8 Å². The number of hydrazine groups is 1. The third kappa shape index (κ3) is 3.56. The number of benzene rings is 2. The largest absolute Gasteiger partial charge is 0.451 e. The van der Waals surface area contributed by atoms with Crippen molar-refractivity contribution in [2.75, 3.05) is 11.4 Å². The summed E-state index contributed by atoms with van der Waals surface area (Å²) >= 11 is 6.20. The lowest BCUT2D eigenvalue weighted by molar-refractivity contribution is -0.117. The lowest BCUT2D eigenvalue weighted by atomic mass is 10.1. The van der Waals surface area contributed by atoms with E-state index in [9.17, 15) is 14.4 Å². The fraction of sp³-hybridized carbons (Fsp3) is 0.190. The maximum Gasteiger partial charge on any atom is 0.305 e. The molecule has 2 aromatic carbocycles. The Hall–Kier alpha value is -3.32. The zero-order valence-electron chi connectivity index (χ0n) is 15.6. The fourth-order valence-electron chi connectivity index (χ4n) is 3.40. The highest BCUT2D eigenvalue weighted by atomic mass is 35.5. The van der Waals surface area contributed by atoms with E-state index in [1.165, 1.54) is 6.07 Å². The first-order valence-electron chi connectivity index (χ1n) is 9.14. The number of carbonyl (C=O) groups excluding carboxylic acids is 3. The van der Waals surface area contributed by atoms with Gasteiger partial charge in [-0.05, 0) is 37.6 Å². The molecule has 8 heteroatoms. The molecule has 0 spiro atoms. The first-order valence-corrected chi connectivity index (χ1v) is 9.52. The Kier molecular flexibility index (Phi) is 4.98. The first-order chi connectivity index (χ1) is 14.0. The summed E-state index contributed by atoms with van der Waals surface area (Å²) in [5.74, 6) is -0.989. The van der Waals surface area contributed by atoms with Gasteiger partial charge in [-0.15, -0.1) is 0 Å². The second kappa shape index (κ2) is 7.60. The van der Waals surface area contributed by atoms with Crippen LogP contribution in [0.15, 0.2) is 46.9 Å². The SMILES string of the molecule is Cc1c(C(=O)NNC(=O)c2ccc(Cl)c(N3CCCC3=O)c2)oc2ccccc12. The molecule has 2 N–H and O–H groups in total. The van der Waals surface area contributed by atoms with Crippen LogP contribution >= 0.6 is 11.6 Å². The summed E-state index contributed by atoms with van der Waals surface area (Å²) in [7, 11) is 0. The molecule has 0 atom stereocenters. The normalized spacial score (nSPS) is 13.7. The number of nitrogens with zero attached hydrogens (tertiary/aromatic N) is 1. The van der Waals surface area contributed by atoms with Gasteiger partial charge in [-0.3, -0.25) is 25.2 Å². The molecule has 0 saturated carbocycles. The van der Waals surface area contributed by atoms with Gasteiger partial charge in [-0.1, -0.05) is 29.8 Å². The van der Waals surface area contributed by atoms with E-state index >= 15 is 0 Å². The van der Waals surface area contributed by atoms with Crippen LogP contribution in [-0.4, -0.2) is 24.3 Å². The minimum Gasteiger partial charge on any atom is -0.451 e. The van der Waals surface area contributed by atoms with E-state index < -0.39 is 11.8 Å². The van der Waals surface area contributed by atoms with Gasteiger partial charge in [0, 0.05) is 29.5 Å². The Balaban J connectivity index is 1.49. The number of carbonyl (C=O) groups is 3. The molecule has 0 unspecified atom stereocenters. The molecule has 1 aliphatic rings. The highest BCUT2D eigenvalue weighted by Gasteiger charge is 2.25. The van der Waals surface area contributed by atoms with Crippen LogP contribution < -0.4 is 15.8 Å². The number of fused-ring (bicyclic) bond motifs is 1. The van der Waals surface area contributed by atoms with E-state index in [2.05, 4.69) is 10.9 Å². The Morgan fingerprint density at radius 1 is 1.10 bits per heavy atom. The first kappa shape index (κ1) is 19.0. The predicted molar refractivity (Wildman–Crippen MR) is 109 cm³/mol. The molecule has 7 nitrogen and oxygen atoms in total. The van der Waals surface area contributed by atoms with E-state index in [0.29, 0.717) is 34.8 Å². The smallest absolute Gasteiger partial charge is 0.305 e. The lowest BCUT2D eigenvalue weighted by Crippen LogP contribution is -2.41. The van der Waals surface area contributed by atoms with Crippen LogP contribution in [0.2, 0.25) is 5.02 Å². The Morgan fingerprint density at radius 2 is 1.86 bits per heavy atom. The molecule has 148 valence electrons. The van der Waals surface area contributed by atoms with Crippen LogP contribution in [-0.2, 0) is 4.79 Å². The van der Waals surface area contributed by atoms with Crippen molar-refractivity contribution in [3.8, 4) is 0 Å². The molecule has 0 bridgehead atoms. The maximum absolute atomic E-state index is 12.5. The lowest BCUT2D eigenvalue weighted by Gasteiger charge is -2.18. The highest BCUT2D eigenvalue weighted by Crippen LogP contribution is 2.30. The monoisotopic (exact) mass is 411 g/mol. The van der Waals surface area contributed by atoms with Crippen LogP contribution in [0.1, 0.15) is 39.3 Å². The summed E-state index contributed by atoms with van der Waals surface area (Å²) in [6.07, 6.45) is 1.21. The predicted octanol–water partition coefficient (Wildman–Crippen LogP) is 3.60. The maximum atomic E-state index is 12.5. The molecule has 3 aromatic rings. The summed E-state index contributed by atoms with van der Waals surface area (Å²) in [5, 5.41) is 1.22. The van der Waals surface area contributed by atoms with Gasteiger partial charge in [-0.2, -0.15) is 0 Å². The quantitative estimate of drug-likeness (QED) is 0.644. The van der Waals surface area contributed by atoms with Crippen molar-refractivity contribution in [1.29, 1.82) is 0 Å². The molecule has 1 aliphatic heterocycles. The minimum absolute atomic E-state index is 0.0295. The number of para-hydroxylation sites is 1. The second-order valence-electron chi connectivity index (χ2n) is 6.78. The van der Waals surface area contributed by atoms with Gasteiger partial charge in [0.2, 0.25) is 5.91 Å². The molecule has 2 heterocycles. The number of aryl methyl sites for hydroxylation is 1. The summed E-state index contributed by atoms with van der Waals surface area (Å²) in [5.41, 5.74) is 6.78. The Bertz CT molecular complexity index is 1140. The van der Waals surface area contributed by atoms with Gasteiger partial charge < -0.3 is 9.32 Å². The Morgan fingerprint density at radius 3 is 2.59 bits per heavy atom. The molecule has 0 radical (unpaired) electrons. The molecule has 29 heavy (non-hydrogen) atoms. The average Bonchev–Trinajstić information content (AvgIpc) is 3.30. The number of nitrogens with one attached hydrogen (secondary N) is 2. The second-order valence-corrected chi connectivity index (χ2v) is 7.18. The van der Waals surface area contributed by atoms with Crippen molar-refractivity contribution >= 4 is 46.0 Å². The van der Waals surface area contributed by atoms with E-state index in [0.717, 1.165) is 11.8 Å². The summed E-state index contributed by atoms with van der Waals surface area (Å²) in [6, 6.07) is 11.9. The van der Waals surface area contributed by atoms with E-state index in [1.54, 1.807) is 30.0 Å². The number of amides is 3. The highest BCUT2D eigenvalue weighted by molar-refractivity contribution is 6.34. The summed E-state index contributed by atoms with van der Waals surface area (Å²) < 4.78 is 5.59. The average molecular weight is 412 g/mol. The molecular weight excluding hydrogens is 394 g/mol. The van der Waals surface area contributed by atoms with Gasteiger partial charge in [0.25, 0.3) is 5.91 Å². The van der Waals surface area contributed by atoms with Crippen LogP contribution in [0.4, 0.5) is 5.69 Å². The van der Waals surface area contributed by atoms with Crippen molar-refractivity contribution in [3.05, 3.63) is 64.4 Å². The minimum atomic E-state index is -0.559. The van der Waals surface area contributed by atoms with Gasteiger partial charge >= 0.3 is 5.91 Å². The molecule has 0 aliphatic carbocycles. The van der Waals surface area contributed by atoms with Crippen LogP contribution in [0.25, 0.3) is 11.0 Å². The molecule has 1 fully saturated rings. The zero-order chi connectivity index (χ0) is 20.5. The third-order valence-corrected chi connectivity index (χ3v) is 5.23. The third-order valence-electron chi connectivity index (χ3n) is 4.91. The van der Waals surface area contributed by atoms with Crippen LogP contribution in [0.5, 0.6) is 0 Å². The zero-order valence-corrected chi connectivity index (χ0v) is 16.4. The van der Waals surface area contributed by atoms with Crippen LogP contribution in [0.3, 0.4) is 0 Å². The van der Waals surface area contributed by atoms with Gasteiger partial charge in [0.15, 0.2) is 5.76 Å². The van der Waals surface area contributed by atoms with E-state index in [4.69, 9.17) is 16.0 Å². The molecule has 1 aromatic heterocycles. The fourth-order valence-corrected chi connectivity index (χ4v) is 3.62. The number of furan rings is 1. The van der Waals surface area contributed by atoms with Crippen LogP contribution in [0, 0.1) is 6.92 Å². The van der Waals surface area contributed by atoms with Gasteiger partial charge in [0.1, 0.15) is 5.58 Å². The number of halogens is 1. The van der Waals surface area contributed by atoms with E-state index in [-0.39, 0.29) is 17.2 Å². The molecular formula is C21H18ClN3O4.